The predicted octanol–water partition coefficient (Wildman–Crippen LogP) is 1.97. The van der Waals surface area contributed by atoms with E-state index >= 15 is 0 Å². The van der Waals surface area contributed by atoms with Crippen molar-refractivity contribution in [3.05, 3.63) is 0 Å². The van der Waals surface area contributed by atoms with Crippen molar-refractivity contribution in [2.75, 3.05) is 66.1 Å². The molecule has 0 aromatic heterocycles. The highest BCUT2D eigenvalue weighted by Crippen LogP contribution is 2.26. The minimum atomic E-state index is -0.465. The molecule has 0 saturated carbocycles. The third-order valence-corrected chi connectivity index (χ3v) is 6.40. The summed E-state index contributed by atoms with van der Waals surface area (Å²) in [5.74, 6) is 1.02. The van der Waals surface area contributed by atoms with Gasteiger partial charge < -0.3 is 24.6 Å². The smallest absolute Gasteiger partial charge is 0.413 e. The lowest BCUT2D eigenvalue weighted by atomic mass is 9.84. The molecule has 2 N–H and O–H groups in total. The van der Waals surface area contributed by atoms with Crippen LogP contribution in [0.15, 0.2) is 4.99 Å². The van der Waals surface area contributed by atoms with Gasteiger partial charge in [-0.05, 0) is 63.6 Å². The van der Waals surface area contributed by atoms with Crippen molar-refractivity contribution >= 4 is 18.0 Å². The second-order valence-corrected chi connectivity index (χ2v) is 9.98. The van der Waals surface area contributed by atoms with Crippen molar-refractivity contribution < 1.29 is 19.1 Å². The van der Waals surface area contributed by atoms with Crippen LogP contribution in [0.5, 0.6) is 0 Å². The van der Waals surface area contributed by atoms with E-state index in [2.05, 4.69) is 27.6 Å². The Morgan fingerprint density at radius 2 is 1.91 bits per heavy atom. The van der Waals surface area contributed by atoms with Crippen LogP contribution in [0.3, 0.4) is 0 Å². The molecule has 0 atom stereocenters. The number of piperidine rings is 1. The summed E-state index contributed by atoms with van der Waals surface area (Å²) in [6.07, 6.45) is 4.66. The molecule has 2 amide bonds. The SMILES string of the molecule is CN1CCC(CCOC(=O)NC(=NCCCC(C)(C)CC(=O)NCC#N)N2CCOCC2)CC1. The van der Waals surface area contributed by atoms with E-state index in [4.69, 9.17) is 14.7 Å². The molecule has 0 aromatic rings. The van der Waals surface area contributed by atoms with Gasteiger partial charge >= 0.3 is 6.09 Å². The predicted molar refractivity (Wildman–Crippen MR) is 130 cm³/mol. The van der Waals surface area contributed by atoms with Crippen LogP contribution in [0.4, 0.5) is 4.79 Å². The van der Waals surface area contributed by atoms with Crippen molar-refractivity contribution in [3.63, 3.8) is 0 Å². The van der Waals surface area contributed by atoms with Gasteiger partial charge in [-0.3, -0.25) is 15.1 Å². The first-order chi connectivity index (χ1) is 16.3. The molecular weight excluding hydrogens is 436 g/mol. The van der Waals surface area contributed by atoms with E-state index in [0.717, 1.165) is 45.2 Å². The number of amides is 2. The van der Waals surface area contributed by atoms with E-state index in [9.17, 15) is 9.59 Å². The molecule has 0 unspecified atom stereocenters. The standard InChI is InChI=1S/C24H42N6O4/c1-24(2,19-21(31)26-11-9-25)8-4-10-27-22(30-14-17-33-18-15-30)28-23(32)34-16-7-20-5-12-29(3)13-6-20/h20H,4-8,10-19H2,1-3H3,(H,26,31)(H,27,28,32). The summed E-state index contributed by atoms with van der Waals surface area (Å²) in [7, 11) is 2.14. The number of aliphatic imine (C=N–C) groups is 1. The Hall–Kier alpha value is -2.38. The van der Waals surface area contributed by atoms with Crippen LogP contribution in [0.25, 0.3) is 0 Å². The fourth-order valence-corrected chi connectivity index (χ4v) is 4.26. The van der Waals surface area contributed by atoms with Gasteiger partial charge in [0.05, 0.1) is 25.9 Å². The van der Waals surface area contributed by atoms with Gasteiger partial charge in [0, 0.05) is 26.1 Å². The number of nitrogens with zero attached hydrogens (tertiary/aromatic N) is 4. The normalized spacial score (nSPS) is 18.3. The summed E-state index contributed by atoms with van der Waals surface area (Å²) in [6.45, 7) is 9.77. The number of carbonyl (C=O) groups is 2. The number of ether oxygens (including phenoxy) is 2. The number of nitriles is 1. The van der Waals surface area contributed by atoms with E-state index in [1.165, 1.54) is 0 Å². The summed E-state index contributed by atoms with van der Waals surface area (Å²) >= 11 is 0. The zero-order valence-corrected chi connectivity index (χ0v) is 21.1. The molecule has 34 heavy (non-hydrogen) atoms. The molecule has 2 heterocycles. The highest BCUT2D eigenvalue weighted by atomic mass is 16.5. The van der Waals surface area contributed by atoms with Crippen LogP contribution in [-0.4, -0.2) is 93.9 Å². The van der Waals surface area contributed by atoms with Crippen LogP contribution in [-0.2, 0) is 14.3 Å². The molecule has 2 rings (SSSR count). The molecule has 0 bridgehead atoms. The first-order valence-electron chi connectivity index (χ1n) is 12.4. The Labute approximate surface area is 204 Å². The van der Waals surface area contributed by atoms with Crippen molar-refractivity contribution in [3.8, 4) is 6.07 Å². The fraction of sp³-hybridized carbons (Fsp3) is 0.833. The summed E-state index contributed by atoms with van der Waals surface area (Å²) in [5.41, 5.74) is -0.200. The maximum Gasteiger partial charge on any atom is 0.413 e. The fourth-order valence-electron chi connectivity index (χ4n) is 4.26. The van der Waals surface area contributed by atoms with E-state index in [1.807, 2.05) is 24.8 Å². The number of carbonyl (C=O) groups excluding carboxylic acids is 2. The van der Waals surface area contributed by atoms with Crippen LogP contribution in [0.2, 0.25) is 0 Å². The average molecular weight is 479 g/mol. The summed E-state index contributed by atoms with van der Waals surface area (Å²) in [4.78, 5) is 33.4. The summed E-state index contributed by atoms with van der Waals surface area (Å²) in [6, 6.07) is 1.92. The van der Waals surface area contributed by atoms with Crippen molar-refractivity contribution in [2.24, 2.45) is 16.3 Å². The number of rotatable bonds is 10. The molecule has 0 radical (unpaired) electrons. The number of nitrogens with one attached hydrogen (secondary N) is 2. The lowest BCUT2D eigenvalue weighted by Gasteiger charge is -2.30. The van der Waals surface area contributed by atoms with Gasteiger partial charge in [-0.25, -0.2) is 4.79 Å². The number of hydrogen-bond donors (Lipinski definition) is 2. The van der Waals surface area contributed by atoms with Crippen LogP contribution < -0.4 is 10.6 Å². The largest absolute Gasteiger partial charge is 0.449 e. The zero-order valence-electron chi connectivity index (χ0n) is 21.1. The van der Waals surface area contributed by atoms with E-state index in [-0.39, 0.29) is 17.9 Å². The van der Waals surface area contributed by atoms with E-state index in [0.29, 0.717) is 57.8 Å². The highest BCUT2D eigenvalue weighted by molar-refractivity contribution is 5.94. The summed E-state index contributed by atoms with van der Waals surface area (Å²) in [5, 5.41) is 14.0. The molecule has 10 heteroatoms. The number of morpholine rings is 1. The van der Waals surface area contributed by atoms with Gasteiger partial charge in [-0.2, -0.15) is 5.26 Å². The molecule has 2 saturated heterocycles. The molecule has 2 aliphatic rings. The van der Waals surface area contributed by atoms with Crippen LogP contribution >= 0.6 is 0 Å². The highest BCUT2D eigenvalue weighted by Gasteiger charge is 2.22. The Morgan fingerprint density at radius 3 is 2.59 bits per heavy atom. The first kappa shape index (κ1) is 27.9. The van der Waals surface area contributed by atoms with Crippen molar-refractivity contribution in [1.82, 2.24) is 20.4 Å². The lowest BCUT2D eigenvalue weighted by molar-refractivity contribution is -0.122. The second-order valence-electron chi connectivity index (χ2n) is 9.98. The van der Waals surface area contributed by atoms with Gasteiger partial charge in [0.2, 0.25) is 11.9 Å². The second kappa shape index (κ2) is 14.8. The number of hydrogen-bond acceptors (Lipinski definition) is 7. The Kier molecular flexibility index (Phi) is 12.1. The Morgan fingerprint density at radius 1 is 1.21 bits per heavy atom. The van der Waals surface area contributed by atoms with Gasteiger partial charge in [0.1, 0.15) is 6.54 Å². The third kappa shape index (κ3) is 11.2. The molecule has 192 valence electrons. The molecule has 10 nitrogen and oxygen atoms in total. The maximum absolute atomic E-state index is 12.4. The van der Waals surface area contributed by atoms with Crippen molar-refractivity contribution in [1.29, 1.82) is 5.26 Å². The average Bonchev–Trinajstić information content (AvgIpc) is 2.81. The Bertz CT molecular complexity index is 707. The molecule has 2 fully saturated rings. The van der Waals surface area contributed by atoms with Crippen LogP contribution in [0.1, 0.15) is 52.4 Å². The topological polar surface area (TPSA) is 119 Å². The minimum Gasteiger partial charge on any atom is -0.449 e. The molecular formula is C24H42N6O4. The lowest BCUT2D eigenvalue weighted by Crippen LogP contribution is -2.49. The number of guanidine groups is 1. The monoisotopic (exact) mass is 478 g/mol. The molecule has 0 aliphatic carbocycles. The van der Waals surface area contributed by atoms with Gasteiger partial charge in [0.15, 0.2) is 0 Å². The number of likely N-dealkylation sites (tertiary alicyclic amines) is 1. The Balaban J connectivity index is 1.79. The van der Waals surface area contributed by atoms with Crippen molar-refractivity contribution in [2.45, 2.75) is 52.4 Å². The third-order valence-electron chi connectivity index (χ3n) is 6.40. The number of alkyl carbamates (subject to hydrolysis) is 1. The van der Waals surface area contributed by atoms with Gasteiger partial charge in [-0.1, -0.05) is 13.8 Å². The first-order valence-corrected chi connectivity index (χ1v) is 12.4. The van der Waals surface area contributed by atoms with Gasteiger partial charge in [0.25, 0.3) is 0 Å². The summed E-state index contributed by atoms with van der Waals surface area (Å²) < 4.78 is 10.9. The van der Waals surface area contributed by atoms with Crippen LogP contribution in [0, 0.1) is 22.7 Å². The van der Waals surface area contributed by atoms with E-state index in [1.54, 1.807) is 0 Å². The minimum absolute atomic E-state index is 0.0296. The van der Waals surface area contributed by atoms with E-state index < -0.39 is 6.09 Å². The molecule has 0 aromatic carbocycles. The molecule has 2 aliphatic heterocycles. The quantitative estimate of drug-likeness (QED) is 0.213. The molecule has 0 spiro atoms. The van der Waals surface area contributed by atoms with Gasteiger partial charge in [-0.15, -0.1) is 0 Å². The maximum atomic E-state index is 12.4. The zero-order chi connectivity index (χ0) is 24.8.